The minimum absolute atomic E-state index is 0.827. The second kappa shape index (κ2) is 8.07. The number of rotatable bonds is 4. The van der Waals surface area contributed by atoms with Crippen molar-refractivity contribution in [2.24, 2.45) is 0 Å². The maximum Gasteiger partial charge on any atom is 0.116 e. The van der Waals surface area contributed by atoms with Gasteiger partial charge in [0.1, 0.15) is 5.69 Å². The molecule has 5 rings (SSSR count). The number of pyridine rings is 3. The Morgan fingerprint density at radius 1 is 1.03 bits per heavy atom. The Bertz CT molecular complexity index is 1560. The van der Waals surface area contributed by atoms with Crippen molar-refractivity contribution in [1.82, 2.24) is 30.1 Å². The van der Waals surface area contributed by atoms with E-state index in [9.17, 15) is 0 Å². The van der Waals surface area contributed by atoms with E-state index in [4.69, 9.17) is 0 Å². The average molecular weight is 419 g/mol. The van der Waals surface area contributed by atoms with Crippen molar-refractivity contribution in [1.29, 1.82) is 0 Å². The van der Waals surface area contributed by atoms with Gasteiger partial charge in [-0.2, -0.15) is 5.10 Å². The number of hydrogen-bond acceptors (Lipinski definition) is 4. The summed E-state index contributed by atoms with van der Waals surface area (Å²) in [7, 11) is 0. The van der Waals surface area contributed by atoms with Crippen molar-refractivity contribution in [3.63, 3.8) is 0 Å². The third kappa shape index (κ3) is 3.52. The summed E-state index contributed by atoms with van der Waals surface area (Å²) in [5.41, 5.74) is 7.54. The van der Waals surface area contributed by atoms with Crippen LogP contribution >= 0.6 is 0 Å². The largest absolute Gasteiger partial charge is 0.353 e. The standard InChI is InChI=1S/C26H22N6/c1-4-22-20(11-17(3)19-10-16(2)13-28-15-19)26(32-31-22)24-12-21-23(30-24)7-9-29-25(21)18-6-5-8-27-14-18/h4-15,30-31H,3H2,1-2H3/b20-11+,22-4+. The molecular formula is C26H22N6. The van der Waals surface area contributed by atoms with Gasteiger partial charge in [-0.05, 0) is 67.0 Å². The lowest BCUT2D eigenvalue weighted by Gasteiger charge is -2.01. The predicted octanol–water partition coefficient (Wildman–Crippen LogP) is 4.01. The zero-order valence-corrected chi connectivity index (χ0v) is 17.9. The summed E-state index contributed by atoms with van der Waals surface area (Å²) in [6, 6.07) is 10.1. The highest BCUT2D eigenvalue weighted by Gasteiger charge is 2.13. The lowest BCUT2D eigenvalue weighted by molar-refractivity contribution is 1.06. The van der Waals surface area contributed by atoms with E-state index in [0.717, 1.165) is 60.8 Å². The van der Waals surface area contributed by atoms with Gasteiger partial charge in [0.05, 0.1) is 16.7 Å². The van der Waals surface area contributed by atoms with E-state index in [-0.39, 0.29) is 0 Å². The highest BCUT2D eigenvalue weighted by atomic mass is 15.1. The molecule has 0 bridgehead atoms. The van der Waals surface area contributed by atoms with Crippen LogP contribution in [-0.4, -0.2) is 30.1 Å². The Morgan fingerprint density at radius 3 is 2.72 bits per heavy atom. The fourth-order valence-corrected chi connectivity index (χ4v) is 3.84. The van der Waals surface area contributed by atoms with Gasteiger partial charge in [0.2, 0.25) is 0 Å². The molecule has 6 nitrogen and oxygen atoms in total. The Balaban J connectivity index is 1.67. The van der Waals surface area contributed by atoms with Gasteiger partial charge in [-0.25, -0.2) is 0 Å². The van der Waals surface area contributed by atoms with Crippen LogP contribution < -0.4 is 10.6 Å². The molecule has 0 saturated heterocycles. The minimum atomic E-state index is 0.827. The molecule has 0 spiro atoms. The first-order valence-corrected chi connectivity index (χ1v) is 10.4. The molecule has 0 aliphatic rings. The smallest absolute Gasteiger partial charge is 0.116 e. The summed E-state index contributed by atoms with van der Waals surface area (Å²) in [6.45, 7) is 8.28. The van der Waals surface area contributed by atoms with Gasteiger partial charge in [0, 0.05) is 52.7 Å². The van der Waals surface area contributed by atoms with Crippen molar-refractivity contribution >= 4 is 28.6 Å². The molecule has 5 aromatic rings. The van der Waals surface area contributed by atoms with E-state index in [1.165, 1.54) is 0 Å². The number of hydrogen-bond donors (Lipinski definition) is 2. The summed E-state index contributed by atoms with van der Waals surface area (Å²) >= 11 is 0. The quantitative estimate of drug-likeness (QED) is 0.462. The molecule has 5 heterocycles. The van der Waals surface area contributed by atoms with Crippen LogP contribution in [0.1, 0.15) is 18.1 Å². The van der Waals surface area contributed by atoms with E-state index in [2.05, 4.69) is 54.9 Å². The fraction of sp³-hybridized carbons (Fsp3) is 0.0769. The molecule has 2 N–H and O–H groups in total. The number of allylic oxidation sites excluding steroid dienone is 1. The summed E-state index contributed by atoms with van der Waals surface area (Å²) in [5, 5.41) is 10.7. The van der Waals surface area contributed by atoms with Crippen LogP contribution in [0, 0.1) is 6.92 Å². The van der Waals surface area contributed by atoms with Gasteiger partial charge in [-0.15, -0.1) is 0 Å². The highest BCUT2D eigenvalue weighted by Crippen LogP contribution is 2.29. The minimum Gasteiger partial charge on any atom is -0.353 e. The summed E-state index contributed by atoms with van der Waals surface area (Å²) < 4.78 is 0. The van der Waals surface area contributed by atoms with E-state index in [0.29, 0.717) is 0 Å². The second-order valence-corrected chi connectivity index (χ2v) is 7.65. The molecular weight excluding hydrogens is 396 g/mol. The number of nitrogens with one attached hydrogen (secondary N) is 2. The van der Waals surface area contributed by atoms with E-state index in [1.54, 1.807) is 12.4 Å². The Morgan fingerprint density at radius 2 is 1.94 bits per heavy atom. The molecule has 5 aromatic heterocycles. The van der Waals surface area contributed by atoms with Crippen molar-refractivity contribution in [2.45, 2.75) is 13.8 Å². The van der Waals surface area contributed by atoms with Gasteiger partial charge in [-0.1, -0.05) is 12.7 Å². The Hall–Kier alpha value is -4.32. The highest BCUT2D eigenvalue weighted by molar-refractivity contribution is 5.96. The number of nitrogens with zero attached hydrogens (tertiary/aromatic N) is 4. The first-order chi connectivity index (χ1) is 15.6. The first-order valence-electron chi connectivity index (χ1n) is 10.4. The average Bonchev–Trinajstić information content (AvgIpc) is 3.43. The number of aromatic nitrogens is 6. The molecule has 0 amide bonds. The topological polar surface area (TPSA) is 83.1 Å². The zero-order chi connectivity index (χ0) is 22.1. The molecule has 0 fully saturated rings. The molecule has 0 radical (unpaired) electrons. The number of H-pyrrole nitrogens is 2. The lowest BCUT2D eigenvalue weighted by atomic mass is 10.1. The maximum absolute atomic E-state index is 4.61. The van der Waals surface area contributed by atoms with Crippen molar-refractivity contribution < 1.29 is 0 Å². The van der Waals surface area contributed by atoms with Crippen LogP contribution in [0.15, 0.2) is 67.9 Å². The summed E-state index contributed by atoms with van der Waals surface area (Å²) in [5.74, 6) is 0. The first kappa shape index (κ1) is 19.6. The van der Waals surface area contributed by atoms with Crippen LogP contribution in [0.5, 0.6) is 0 Å². The Kier molecular flexibility index (Phi) is 4.95. The zero-order valence-electron chi connectivity index (χ0n) is 17.9. The van der Waals surface area contributed by atoms with E-state index < -0.39 is 0 Å². The summed E-state index contributed by atoms with van der Waals surface area (Å²) in [4.78, 5) is 16.6. The molecule has 0 aliphatic carbocycles. The van der Waals surface area contributed by atoms with E-state index >= 15 is 0 Å². The maximum atomic E-state index is 4.61. The fourth-order valence-electron chi connectivity index (χ4n) is 3.84. The molecule has 6 heteroatoms. The third-order valence-electron chi connectivity index (χ3n) is 5.42. The normalized spacial score (nSPS) is 12.6. The second-order valence-electron chi connectivity index (χ2n) is 7.65. The molecule has 0 unspecified atom stereocenters. The van der Waals surface area contributed by atoms with Gasteiger partial charge in [-0.3, -0.25) is 20.1 Å². The molecule has 0 aliphatic heterocycles. The molecule has 32 heavy (non-hydrogen) atoms. The van der Waals surface area contributed by atoms with E-state index in [1.807, 2.05) is 56.7 Å². The van der Waals surface area contributed by atoms with Crippen LogP contribution in [0.4, 0.5) is 0 Å². The van der Waals surface area contributed by atoms with Gasteiger partial charge >= 0.3 is 0 Å². The number of aromatic amines is 2. The van der Waals surface area contributed by atoms with Crippen molar-refractivity contribution in [3.05, 3.63) is 89.6 Å². The van der Waals surface area contributed by atoms with Crippen molar-refractivity contribution in [2.75, 3.05) is 0 Å². The van der Waals surface area contributed by atoms with Crippen LogP contribution in [0.2, 0.25) is 0 Å². The van der Waals surface area contributed by atoms with Crippen LogP contribution in [-0.2, 0) is 0 Å². The van der Waals surface area contributed by atoms with Crippen LogP contribution in [0.3, 0.4) is 0 Å². The summed E-state index contributed by atoms with van der Waals surface area (Å²) in [6.07, 6.45) is 13.1. The monoisotopic (exact) mass is 418 g/mol. The molecule has 156 valence electrons. The van der Waals surface area contributed by atoms with Gasteiger partial charge in [0.25, 0.3) is 0 Å². The van der Waals surface area contributed by atoms with Gasteiger partial charge < -0.3 is 4.98 Å². The van der Waals surface area contributed by atoms with Gasteiger partial charge in [0.15, 0.2) is 0 Å². The SMILES string of the molecule is C=C(/C=c1/c(-c2cc3c(-c4cccnc4)nccc3[nH]2)n[nH]/c1=C/C)c1cncc(C)c1. The van der Waals surface area contributed by atoms with Crippen molar-refractivity contribution in [3.8, 4) is 22.6 Å². The number of fused-ring (bicyclic) bond motifs is 1. The Labute approximate surface area is 185 Å². The predicted molar refractivity (Wildman–Crippen MR) is 129 cm³/mol. The lowest BCUT2D eigenvalue weighted by Crippen LogP contribution is -2.23. The molecule has 0 atom stereocenters. The molecule has 0 saturated carbocycles. The number of aryl methyl sites for hydroxylation is 1. The molecule has 0 aromatic carbocycles. The van der Waals surface area contributed by atoms with Crippen LogP contribution in [0.25, 0.3) is 51.3 Å². The third-order valence-corrected chi connectivity index (χ3v) is 5.42.